The molecule has 1 aromatic heterocycles. The smallest absolute Gasteiger partial charge is 0.274 e. The Hall–Kier alpha value is -3.27. The van der Waals surface area contributed by atoms with Crippen LogP contribution in [0.15, 0.2) is 77.8 Å². The minimum Gasteiger partial charge on any atom is -0.326 e. The highest BCUT2D eigenvalue weighted by molar-refractivity contribution is 7.89. The SMILES string of the molecule is O=C(Nc1cccc(NC(=O)C2CCN(S(=O)(=O)c3ccc(Cl)cc3)CC2)c1)c1ccccn1. The molecule has 4 rings (SSSR count). The van der Waals surface area contributed by atoms with Crippen molar-refractivity contribution in [2.24, 2.45) is 5.92 Å². The maximum Gasteiger partial charge on any atom is 0.274 e. The highest BCUT2D eigenvalue weighted by Crippen LogP contribution is 2.26. The van der Waals surface area contributed by atoms with Crippen molar-refractivity contribution in [3.8, 4) is 0 Å². The summed E-state index contributed by atoms with van der Waals surface area (Å²) >= 11 is 5.85. The Morgan fingerprint density at radius 2 is 1.59 bits per heavy atom. The second-order valence-corrected chi connectivity index (χ2v) is 10.2. The third-order valence-corrected chi connectivity index (χ3v) is 7.73. The van der Waals surface area contributed by atoms with Gasteiger partial charge in [0.2, 0.25) is 15.9 Å². The summed E-state index contributed by atoms with van der Waals surface area (Å²) < 4.78 is 27.1. The van der Waals surface area contributed by atoms with E-state index in [-0.39, 0.29) is 41.4 Å². The van der Waals surface area contributed by atoms with E-state index in [0.29, 0.717) is 29.2 Å². The van der Waals surface area contributed by atoms with Crippen molar-refractivity contribution < 1.29 is 18.0 Å². The molecule has 34 heavy (non-hydrogen) atoms. The third-order valence-electron chi connectivity index (χ3n) is 5.56. The van der Waals surface area contributed by atoms with Gasteiger partial charge in [-0.25, -0.2) is 8.42 Å². The lowest BCUT2D eigenvalue weighted by Crippen LogP contribution is -2.41. The first-order valence-corrected chi connectivity index (χ1v) is 12.5. The molecule has 2 N–H and O–H groups in total. The van der Waals surface area contributed by atoms with Crippen LogP contribution in [0, 0.1) is 5.92 Å². The van der Waals surface area contributed by atoms with E-state index >= 15 is 0 Å². The number of anilines is 2. The Morgan fingerprint density at radius 3 is 2.24 bits per heavy atom. The molecule has 10 heteroatoms. The van der Waals surface area contributed by atoms with Crippen molar-refractivity contribution in [1.82, 2.24) is 9.29 Å². The van der Waals surface area contributed by atoms with Gasteiger partial charge >= 0.3 is 0 Å². The number of carbonyl (C=O) groups excluding carboxylic acids is 2. The van der Waals surface area contributed by atoms with Crippen LogP contribution in [0.3, 0.4) is 0 Å². The maximum atomic E-state index is 12.8. The molecular formula is C24H23ClN4O4S. The van der Waals surface area contributed by atoms with Gasteiger partial charge in [0.05, 0.1) is 4.90 Å². The first-order valence-electron chi connectivity index (χ1n) is 10.7. The number of amides is 2. The largest absolute Gasteiger partial charge is 0.326 e. The van der Waals surface area contributed by atoms with Gasteiger partial charge in [-0.05, 0) is 67.4 Å². The van der Waals surface area contributed by atoms with E-state index in [1.807, 2.05) is 0 Å². The number of aromatic nitrogens is 1. The molecule has 0 saturated carbocycles. The van der Waals surface area contributed by atoms with E-state index in [9.17, 15) is 18.0 Å². The van der Waals surface area contributed by atoms with Gasteiger partial charge in [-0.3, -0.25) is 14.6 Å². The van der Waals surface area contributed by atoms with Crippen LogP contribution in [0.2, 0.25) is 5.02 Å². The maximum absolute atomic E-state index is 12.8. The van der Waals surface area contributed by atoms with Crippen LogP contribution in [-0.4, -0.2) is 42.6 Å². The number of hydrogen-bond donors (Lipinski definition) is 2. The van der Waals surface area contributed by atoms with Crippen LogP contribution in [0.1, 0.15) is 23.3 Å². The average Bonchev–Trinajstić information content (AvgIpc) is 2.85. The number of benzene rings is 2. The van der Waals surface area contributed by atoms with E-state index < -0.39 is 10.0 Å². The molecule has 0 unspecified atom stereocenters. The fourth-order valence-corrected chi connectivity index (χ4v) is 5.32. The van der Waals surface area contributed by atoms with Crippen molar-refractivity contribution in [3.05, 3.63) is 83.6 Å². The van der Waals surface area contributed by atoms with E-state index in [2.05, 4.69) is 15.6 Å². The molecule has 8 nitrogen and oxygen atoms in total. The molecule has 2 amide bonds. The predicted molar refractivity (Wildman–Crippen MR) is 130 cm³/mol. The fourth-order valence-electron chi connectivity index (χ4n) is 3.73. The number of rotatable bonds is 6. The molecule has 1 fully saturated rings. The topological polar surface area (TPSA) is 108 Å². The molecule has 1 aliphatic heterocycles. The highest BCUT2D eigenvalue weighted by atomic mass is 35.5. The molecule has 0 bridgehead atoms. The van der Waals surface area contributed by atoms with Gasteiger partial charge in [0.1, 0.15) is 5.69 Å². The molecule has 0 radical (unpaired) electrons. The second kappa shape index (κ2) is 10.3. The minimum atomic E-state index is -3.63. The summed E-state index contributed by atoms with van der Waals surface area (Å²) in [5, 5.41) is 6.09. The Morgan fingerprint density at radius 1 is 0.912 bits per heavy atom. The zero-order valence-corrected chi connectivity index (χ0v) is 19.7. The number of carbonyl (C=O) groups is 2. The van der Waals surface area contributed by atoms with E-state index in [1.54, 1.807) is 54.6 Å². The Balaban J connectivity index is 1.34. The van der Waals surface area contributed by atoms with Gasteiger partial charge in [-0.2, -0.15) is 4.31 Å². The van der Waals surface area contributed by atoms with Crippen LogP contribution < -0.4 is 10.6 Å². The molecular weight excluding hydrogens is 476 g/mol. The van der Waals surface area contributed by atoms with Crippen molar-refractivity contribution in [1.29, 1.82) is 0 Å². The van der Waals surface area contributed by atoms with Crippen LogP contribution in [-0.2, 0) is 14.8 Å². The van der Waals surface area contributed by atoms with Crippen LogP contribution in [0.4, 0.5) is 11.4 Å². The Kier molecular flexibility index (Phi) is 7.26. The average molecular weight is 499 g/mol. The van der Waals surface area contributed by atoms with Crippen LogP contribution in [0.25, 0.3) is 0 Å². The van der Waals surface area contributed by atoms with Crippen molar-refractivity contribution in [3.63, 3.8) is 0 Å². The first-order chi connectivity index (χ1) is 16.3. The first kappa shape index (κ1) is 23.9. The number of halogens is 1. The number of piperidine rings is 1. The lowest BCUT2D eigenvalue weighted by molar-refractivity contribution is -0.120. The van der Waals surface area contributed by atoms with Crippen LogP contribution in [0.5, 0.6) is 0 Å². The monoisotopic (exact) mass is 498 g/mol. The fraction of sp³-hybridized carbons (Fsp3) is 0.208. The number of nitrogens with one attached hydrogen (secondary N) is 2. The van der Waals surface area contributed by atoms with E-state index in [0.717, 1.165) is 0 Å². The van der Waals surface area contributed by atoms with E-state index in [4.69, 9.17) is 11.6 Å². The van der Waals surface area contributed by atoms with Gasteiger partial charge in [0, 0.05) is 41.6 Å². The molecule has 3 aromatic rings. The number of sulfonamides is 1. The summed E-state index contributed by atoms with van der Waals surface area (Å²) in [6, 6.07) is 18.0. The highest BCUT2D eigenvalue weighted by Gasteiger charge is 2.32. The number of nitrogens with zero attached hydrogens (tertiary/aromatic N) is 2. The zero-order valence-electron chi connectivity index (χ0n) is 18.1. The summed E-state index contributed by atoms with van der Waals surface area (Å²) in [4.78, 5) is 29.3. The van der Waals surface area contributed by atoms with Gasteiger partial charge in [-0.1, -0.05) is 23.7 Å². The van der Waals surface area contributed by atoms with Crippen LogP contribution >= 0.6 is 11.6 Å². The van der Waals surface area contributed by atoms with Gasteiger partial charge in [0.15, 0.2) is 0 Å². The Labute approximate surface area is 203 Å². The lowest BCUT2D eigenvalue weighted by Gasteiger charge is -2.30. The minimum absolute atomic E-state index is 0.184. The van der Waals surface area contributed by atoms with Crippen molar-refractivity contribution in [2.45, 2.75) is 17.7 Å². The molecule has 0 spiro atoms. The molecule has 1 aliphatic rings. The summed E-state index contributed by atoms with van der Waals surface area (Å²) in [6.45, 7) is 0.506. The molecule has 2 heterocycles. The van der Waals surface area contributed by atoms with E-state index in [1.165, 1.54) is 22.6 Å². The predicted octanol–water partition coefficient (Wildman–Crippen LogP) is 4.03. The molecule has 0 atom stereocenters. The third kappa shape index (κ3) is 5.61. The zero-order chi connectivity index (χ0) is 24.1. The van der Waals surface area contributed by atoms with Gasteiger partial charge in [0.25, 0.3) is 5.91 Å². The molecule has 176 valence electrons. The molecule has 0 aliphatic carbocycles. The normalized spacial score (nSPS) is 15.0. The number of hydrogen-bond acceptors (Lipinski definition) is 5. The standard InChI is InChI=1S/C24H23ClN4O4S/c25-18-7-9-21(10-8-18)34(32,33)29-14-11-17(12-15-29)23(30)27-19-4-3-5-20(16-19)28-24(31)22-6-1-2-13-26-22/h1-10,13,16-17H,11-12,14-15H2,(H,27,30)(H,28,31). The summed E-state index contributed by atoms with van der Waals surface area (Å²) in [6.07, 6.45) is 2.36. The lowest BCUT2D eigenvalue weighted by atomic mass is 9.97. The Bertz CT molecular complexity index is 1280. The van der Waals surface area contributed by atoms with Crippen molar-refractivity contribution in [2.75, 3.05) is 23.7 Å². The summed E-state index contributed by atoms with van der Waals surface area (Å²) in [5.41, 5.74) is 1.36. The summed E-state index contributed by atoms with van der Waals surface area (Å²) in [5.74, 6) is -0.849. The second-order valence-electron chi connectivity index (χ2n) is 7.87. The van der Waals surface area contributed by atoms with Crippen molar-refractivity contribution >= 4 is 44.8 Å². The molecule has 2 aromatic carbocycles. The van der Waals surface area contributed by atoms with Gasteiger partial charge in [-0.15, -0.1) is 0 Å². The summed E-state index contributed by atoms with van der Waals surface area (Å²) in [7, 11) is -3.63. The number of pyridine rings is 1. The quantitative estimate of drug-likeness (QED) is 0.533. The van der Waals surface area contributed by atoms with Gasteiger partial charge < -0.3 is 10.6 Å². The molecule has 1 saturated heterocycles.